The number of aromatic nitrogens is 1. The third-order valence-electron chi connectivity index (χ3n) is 4.09. The van der Waals surface area contributed by atoms with Crippen LogP contribution in [0.15, 0.2) is 18.3 Å². The molecule has 0 aliphatic carbocycles. The van der Waals surface area contributed by atoms with Gasteiger partial charge in [-0.15, -0.1) is 0 Å². The van der Waals surface area contributed by atoms with Gasteiger partial charge >= 0.3 is 5.69 Å². The molecule has 1 unspecified atom stereocenters. The predicted octanol–water partition coefficient (Wildman–Crippen LogP) is 3.74. The molecule has 116 valence electrons. The Morgan fingerprint density at radius 1 is 1.55 bits per heavy atom. The number of aromatic hydroxyl groups is 1. The zero-order valence-corrected chi connectivity index (χ0v) is 12.9. The number of nitrogens with zero attached hydrogens (tertiary/aromatic N) is 3. The van der Waals surface area contributed by atoms with Crippen LogP contribution in [0.2, 0.25) is 5.02 Å². The molecule has 1 aliphatic heterocycles. The first-order chi connectivity index (χ1) is 10.5. The van der Waals surface area contributed by atoms with E-state index in [2.05, 4.69) is 16.8 Å². The van der Waals surface area contributed by atoms with Crippen molar-refractivity contribution in [3.8, 4) is 5.75 Å². The molecule has 2 heterocycles. The second-order valence-electron chi connectivity index (χ2n) is 5.73. The highest BCUT2D eigenvalue weighted by atomic mass is 35.5. The molecule has 0 radical (unpaired) electrons. The maximum Gasteiger partial charge on any atom is 0.314 e. The van der Waals surface area contributed by atoms with E-state index >= 15 is 0 Å². The first-order valence-electron chi connectivity index (χ1n) is 7.18. The third kappa shape index (κ3) is 2.43. The molecule has 3 rings (SSSR count). The van der Waals surface area contributed by atoms with E-state index in [-0.39, 0.29) is 10.5 Å². The molecule has 7 heteroatoms. The van der Waals surface area contributed by atoms with Gasteiger partial charge in [0, 0.05) is 36.4 Å². The van der Waals surface area contributed by atoms with Gasteiger partial charge in [0.1, 0.15) is 5.52 Å². The van der Waals surface area contributed by atoms with Crippen LogP contribution in [0.25, 0.3) is 10.9 Å². The van der Waals surface area contributed by atoms with Gasteiger partial charge in [-0.25, -0.2) is 0 Å². The number of nitro groups is 1. The lowest BCUT2D eigenvalue weighted by Crippen LogP contribution is -2.34. The van der Waals surface area contributed by atoms with Gasteiger partial charge in [0.05, 0.1) is 9.95 Å². The van der Waals surface area contributed by atoms with E-state index in [1.807, 2.05) is 6.07 Å². The molecule has 1 aliphatic rings. The number of hydrogen-bond donors (Lipinski definition) is 1. The van der Waals surface area contributed by atoms with Crippen LogP contribution in [0.1, 0.15) is 19.8 Å². The van der Waals surface area contributed by atoms with E-state index in [1.165, 1.54) is 12.5 Å². The first kappa shape index (κ1) is 14.8. The number of anilines is 1. The lowest BCUT2D eigenvalue weighted by molar-refractivity contribution is -0.385. The molecule has 0 saturated carbocycles. The summed E-state index contributed by atoms with van der Waals surface area (Å²) in [5, 5.41) is 21.9. The number of phenols is 1. The maximum atomic E-state index is 11.0. The number of phenolic OH excluding ortho intramolecular Hbond substituents is 1. The average Bonchev–Trinajstić information content (AvgIpc) is 2.50. The Morgan fingerprint density at radius 2 is 2.32 bits per heavy atom. The molecule has 0 bridgehead atoms. The smallest absolute Gasteiger partial charge is 0.314 e. The summed E-state index contributed by atoms with van der Waals surface area (Å²) in [6.07, 6.45) is 3.82. The lowest BCUT2D eigenvalue weighted by Gasteiger charge is -2.33. The summed E-state index contributed by atoms with van der Waals surface area (Å²) in [5.41, 5.74) is 0.621. The molecular weight excluding hydrogens is 306 g/mol. The number of pyridine rings is 1. The summed E-state index contributed by atoms with van der Waals surface area (Å²) in [7, 11) is 0. The third-order valence-corrected chi connectivity index (χ3v) is 4.39. The topological polar surface area (TPSA) is 79.5 Å². The van der Waals surface area contributed by atoms with Crippen molar-refractivity contribution in [2.45, 2.75) is 19.8 Å². The fourth-order valence-electron chi connectivity index (χ4n) is 3.06. The number of piperidine rings is 1. The Labute approximate surface area is 132 Å². The molecular formula is C15H16ClN3O3. The molecule has 1 atom stereocenters. The summed E-state index contributed by atoms with van der Waals surface area (Å²) in [6.45, 7) is 3.99. The monoisotopic (exact) mass is 321 g/mol. The Morgan fingerprint density at radius 3 is 3.00 bits per heavy atom. The molecule has 0 spiro atoms. The van der Waals surface area contributed by atoms with Crippen LogP contribution >= 0.6 is 11.6 Å². The lowest BCUT2D eigenvalue weighted by atomic mass is 9.99. The minimum absolute atomic E-state index is 0.176. The molecule has 1 fully saturated rings. The summed E-state index contributed by atoms with van der Waals surface area (Å²) < 4.78 is 0. The number of rotatable bonds is 2. The largest absolute Gasteiger partial charge is 0.501 e. The van der Waals surface area contributed by atoms with Crippen LogP contribution in [0, 0.1) is 16.0 Å². The van der Waals surface area contributed by atoms with Gasteiger partial charge in [0.25, 0.3) is 0 Å². The summed E-state index contributed by atoms with van der Waals surface area (Å²) >= 11 is 6.26. The maximum absolute atomic E-state index is 11.0. The van der Waals surface area contributed by atoms with E-state index in [9.17, 15) is 15.2 Å². The van der Waals surface area contributed by atoms with Crippen molar-refractivity contribution in [2.24, 2.45) is 5.92 Å². The number of nitro benzene ring substituents is 1. The molecule has 2 aromatic rings. The van der Waals surface area contributed by atoms with Crippen LogP contribution in [-0.2, 0) is 0 Å². The SMILES string of the molecule is CC1CCCN(c2ccnc3c(O)c([N+](=O)[O-])cc(Cl)c23)C1. The van der Waals surface area contributed by atoms with Crippen molar-refractivity contribution in [1.29, 1.82) is 0 Å². The Hall–Kier alpha value is -2.08. The molecule has 0 amide bonds. The Balaban J connectivity index is 2.20. The fraction of sp³-hybridized carbons (Fsp3) is 0.400. The van der Waals surface area contributed by atoms with E-state index < -0.39 is 16.4 Å². The number of halogens is 1. The van der Waals surface area contributed by atoms with Crippen molar-refractivity contribution in [1.82, 2.24) is 4.98 Å². The van der Waals surface area contributed by atoms with Gasteiger partial charge in [-0.3, -0.25) is 15.1 Å². The highest BCUT2D eigenvalue weighted by Gasteiger charge is 2.25. The van der Waals surface area contributed by atoms with Crippen LogP contribution in [0.3, 0.4) is 0 Å². The second kappa shape index (κ2) is 5.61. The molecule has 1 saturated heterocycles. The highest BCUT2D eigenvalue weighted by molar-refractivity contribution is 6.37. The normalized spacial score (nSPS) is 18.6. The Kier molecular flexibility index (Phi) is 3.78. The van der Waals surface area contributed by atoms with Gasteiger partial charge in [0.2, 0.25) is 5.75 Å². The minimum atomic E-state index is -0.655. The van der Waals surface area contributed by atoms with Crippen molar-refractivity contribution >= 4 is 33.9 Å². The predicted molar refractivity (Wildman–Crippen MR) is 85.7 cm³/mol. The zero-order chi connectivity index (χ0) is 15.9. The van der Waals surface area contributed by atoms with Crippen LogP contribution in [0.5, 0.6) is 5.75 Å². The minimum Gasteiger partial charge on any atom is -0.501 e. The van der Waals surface area contributed by atoms with Gasteiger partial charge in [-0.05, 0) is 24.8 Å². The molecule has 6 nitrogen and oxygen atoms in total. The Bertz CT molecular complexity index is 750. The van der Waals surface area contributed by atoms with Crippen molar-refractivity contribution in [2.75, 3.05) is 18.0 Å². The van der Waals surface area contributed by atoms with E-state index in [1.54, 1.807) is 6.20 Å². The standard InChI is InChI=1S/C15H16ClN3O3/c1-9-3-2-6-18(8-9)11-4-5-17-14-13(11)10(16)7-12(15(14)20)19(21)22/h4-5,7,9,20H,2-3,6,8H2,1H3. The molecule has 1 N–H and O–H groups in total. The number of benzene rings is 1. The quantitative estimate of drug-likeness (QED) is 0.673. The molecule has 1 aromatic carbocycles. The summed E-state index contributed by atoms with van der Waals surface area (Å²) in [4.78, 5) is 16.6. The van der Waals surface area contributed by atoms with E-state index in [0.29, 0.717) is 11.3 Å². The van der Waals surface area contributed by atoms with Crippen LogP contribution < -0.4 is 4.90 Å². The highest BCUT2D eigenvalue weighted by Crippen LogP contribution is 2.42. The van der Waals surface area contributed by atoms with Gasteiger partial charge < -0.3 is 10.0 Å². The van der Waals surface area contributed by atoms with Gasteiger partial charge in [-0.1, -0.05) is 18.5 Å². The first-order valence-corrected chi connectivity index (χ1v) is 7.56. The van der Waals surface area contributed by atoms with Gasteiger partial charge in [-0.2, -0.15) is 0 Å². The average molecular weight is 322 g/mol. The van der Waals surface area contributed by atoms with Gasteiger partial charge in [0.15, 0.2) is 0 Å². The summed E-state index contributed by atoms with van der Waals surface area (Å²) in [6, 6.07) is 3.04. The fourth-order valence-corrected chi connectivity index (χ4v) is 3.35. The van der Waals surface area contributed by atoms with E-state index in [0.717, 1.165) is 25.2 Å². The van der Waals surface area contributed by atoms with Crippen molar-refractivity contribution < 1.29 is 10.0 Å². The van der Waals surface area contributed by atoms with Crippen molar-refractivity contribution in [3.05, 3.63) is 33.5 Å². The summed E-state index contributed by atoms with van der Waals surface area (Å²) in [5.74, 6) is 0.138. The number of hydrogen-bond acceptors (Lipinski definition) is 5. The second-order valence-corrected chi connectivity index (χ2v) is 6.14. The van der Waals surface area contributed by atoms with E-state index in [4.69, 9.17) is 11.6 Å². The number of fused-ring (bicyclic) bond motifs is 1. The van der Waals surface area contributed by atoms with Crippen molar-refractivity contribution in [3.63, 3.8) is 0 Å². The molecule has 22 heavy (non-hydrogen) atoms. The zero-order valence-electron chi connectivity index (χ0n) is 12.1. The van der Waals surface area contributed by atoms with Crippen LogP contribution in [0.4, 0.5) is 11.4 Å². The van der Waals surface area contributed by atoms with Crippen LogP contribution in [-0.4, -0.2) is 28.1 Å². The molecule has 1 aromatic heterocycles.